The second kappa shape index (κ2) is 6.23. The quantitative estimate of drug-likeness (QED) is 0.856. The molecule has 1 amide bonds. The van der Waals surface area contributed by atoms with E-state index in [0.29, 0.717) is 17.7 Å². The molecule has 3 nitrogen and oxygen atoms in total. The van der Waals surface area contributed by atoms with Crippen molar-refractivity contribution in [2.24, 2.45) is 0 Å². The van der Waals surface area contributed by atoms with E-state index >= 15 is 0 Å². The van der Waals surface area contributed by atoms with E-state index in [4.69, 9.17) is 5.26 Å². The van der Waals surface area contributed by atoms with Crippen molar-refractivity contribution < 1.29 is 4.79 Å². The molecule has 21 heavy (non-hydrogen) atoms. The van der Waals surface area contributed by atoms with Crippen LogP contribution in [0.25, 0.3) is 0 Å². The van der Waals surface area contributed by atoms with Crippen LogP contribution in [-0.4, -0.2) is 12.5 Å². The second-order valence-corrected chi connectivity index (χ2v) is 5.03. The van der Waals surface area contributed by atoms with Crippen LogP contribution in [0.3, 0.4) is 0 Å². The van der Waals surface area contributed by atoms with E-state index in [-0.39, 0.29) is 5.91 Å². The maximum atomic E-state index is 12.7. The predicted molar refractivity (Wildman–Crippen MR) is 84.4 cm³/mol. The summed E-state index contributed by atoms with van der Waals surface area (Å²) in [7, 11) is 0. The van der Waals surface area contributed by atoms with Gasteiger partial charge in [-0.3, -0.25) is 4.79 Å². The van der Waals surface area contributed by atoms with E-state index in [1.807, 2.05) is 39.0 Å². The van der Waals surface area contributed by atoms with Crippen molar-refractivity contribution in [3.8, 4) is 6.07 Å². The fraction of sp³-hybridized carbons (Fsp3) is 0.222. The summed E-state index contributed by atoms with van der Waals surface area (Å²) < 4.78 is 0. The van der Waals surface area contributed by atoms with Gasteiger partial charge in [0.1, 0.15) is 0 Å². The minimum absolute atomic E-state index is 0.0803. The molecule has 0 saturated heterocycles. The van der Waals surface area contributed by atoms with Crippen LogP contribution in [0.4, 0.5) is 5.69 Å². The van der Waals surface area contributed by atoms with Gasteiger partial charge in [-0.05, 0) is 56.2 Å². The maximum Gasteiger partial charge on any atom is 0.258 e. The first-order chi connectivity index (χ1) is 10.1. The number of nitriles is 1. The van der Waals surface area contributed by atoms with E-state index in [1.165, 1.54) is 0 Å². The Kier molecular flexibility index (Phi) is 4.39. The van der Waals surface area contributed by atoms with E-state index in [1.54, 1.807) is 29.2 Å². The second-order valence-electron chi connectivity index (χ2n) is 5.03. The lowest BCUT2D eigenvalue weighted by Crippen LogP contribution is -2.31. The van der Waals surface area contributed by atoms with Crippen LogP contribution in [-0.2, 0) is 0 Å². The summed E-state index contributed by atoms with van der Waals surface area (Å²) in [6, 6.07) is 15.0. The van der Waals surface area contributed by atoms with Crippen LogP contribution in [0.2, 0.25) is 0 Å². The molecule has 0 saturated carbocycles. The van der Waals surface area contributed by atoms with Gasteiger partial charge in [0.15, 0.2) is 0 Å². The molecule has 3 heteroatoms. The van der Waals surface area contributed by atoms with Gasteiger partial charge in [0, 0.05) is 17.8 Å². The fourth-order valence-electron chi connectivity index (χ4n) is 2.31. The van der Waals surface area contributed by atoms with Crippen LogP contribution in [0.5, 0.6) is 0 Å². The summed E-state index contributed by atoms with van der Waals surface area (Å²) in [5, 5.41) is 8.96. The minimum atomic E-state index is -0.0803. The Labute approximate surface area is 125 Å². The number of amides is 1. The van der Waals surface area contributed by atoms with Gasteiger partial charge in [-0.2, -0.15) is 5.26 Å². The van der Waals surface area contributed by atoms with Crippen molar-refractivity contribution >= 4 is 11.6 Å². The molecule has 0 unspecified atom stereocenters. The van der Waals surface area contributed by atoms with Crippen LogP contribution in [0.1, 0.15) is 34.0 Å². The highest BCUT2D eigenvalue weighted by atomic mass is 16.2. The lowest BCUT2D eigenvalue weighted by molar-refractivity contribution is 0.0988. The minimum Gasteiger partial charge on any atom is -0.308 e. The number of rotatable bonds is 3. The van der Waals surface area contributed by atoms with Crippen molar-refractivity contribution in [3.63, 3.8) is 0 Å². The van der Waals surface area contributed by atoms with E-state index in [9.17, 15) is 4.79 Å². The van der Waals surface area contributed by atoms with Crippen LogP contribution < -0.4 is 4.90 Å². The van der Waals surface area contributed by atoms with Crippen molar-refractivity contribution in [3.05, 3.63) is 64.7 Å². The van der Waals surface area contributed by atoms with Gasteiger partial charge in [-0.15, -0.1) is 0 Å². The van der Waals surface area contributed by atoms with Gasteiger partial charge >= 0.3 is 0 Å². The normalized spacial score (nSPS) is 10.0. The third-order valence-electron chi connectivity index (χ3n) is 3.46. The number of carbonyl (C=O) groups is 1. The third-order valence-corrected chi connectivity index (χ3v) is 3.46. The monoisotopic (exact) mass is 278 g/mol. The van der Waals surface area contributed by atoms with Gasteiger partial charge in [-0.25, -0.2) is 0 Å². The molecule has 0 aromatic heterocycles. The largest absolute Gasteiger partial charge is 0.308 e. The summed E-state index contributed by atoms with van der Waals surface area (Å²) in [6.45, 7) is 6.54. The number of nitrogens with zero attached hydrogens (tertiary/aromatic N) is 2. The molecule has 0 atom stereocenters. The topological polar surface area (TPSA) is 44.1 Å². The summed E-state index contributed by atoms with van der Waals surface area (Å²) in [6.07, 6.45) is 0. The number of aryl methyl sites for hydroxylation is 2. The highest BCUT2D eigenvalue weighted by molar-refractivity contribution is 6.06. The zero-order valence-corrected chi connectivity index (χ0v) is 12.6. The Morgan fingerprint density at radius 1 is 1.19 bits per heavy atom. The standard InChI is InChI=1S/C18H18N2O/c1-4-20(17-10-13(2)8-9-14(17)3)18(21)16-7-5-6-15(11-16)12-19/h5-11H,4H2,1-3H3. The Morgan fingerprint density at radius 2 is 1.95 bits per heavy atom. The fourth-order valence-corrected chi connectivity index (χ4v) is 2.31. The zero-order valence-electron chi connectivity index (χ0n) is 12.6. The summed E-state index contributed by atoms with van der Waals surface area (Å²) >= 11 is 0. The van der Waals surface area contributed by atoms with Gasteiger partial charge in [0.05, 0.1) is 11.6 Å². The molecule has 0 radical (unpaired) electrons. The van der Waals surface area contributed by atoms with Crippen LogP contribution in [0.15, 0.2) is 42.5 Å². The molecule has 0 N–H and O–H groups in total. The Balaban J connectivity index is 2.43. The molecule has 2 aromatic rings. The molecular formula is C18H18N2O. The van der Waals surface area contributed by atoms with E-state index in [0.717, 1.165) is 16.8 Å². The van der Waals surface area contributed by atoms with Crippen molar-refractivity contribution in [2.45, 2.75) is 20.8 Å². The molecule has 106 valence electrons. The Morgan fingerprint density at radius 3 is 2.62 bits per heavy atom. The van der Waals surface area contributed by atoms with Gasteiger partial charge in [0.2, 0.25) is 0 Å². The van der Waals surface area contributed by atoms with Crippen molar-refractivity contribution in [1.82, 2.24) is 0 Å². The lowest BCUT2D eigenvalue weighted by Gasteiger charge is -2.23. The SMILES string of the molecule is CCN(C(=O)c1cccc(C#N)c1)c1cc(C)ccc1C. The number of benzene rings is 2. The number of hydrogen-bond acceptors (Lipinski definition) is 2. The van der Waals surface area contributed by atoms with E-state index < -0.39 is 0 Å². The number of hydrogen-bond donors (Lipinski definition) is 0. The predicted octanol–water partition coefficient (Wildman–Crippen LogP) is 3.84. The highest BCUT2D eigenvalue weighted by Gasteiger charge is 2.18. The van der Waals surface area contributed by atoms with Gasteiger partial charge < -0.3 is 4.90 Å². The molecule has 0 heterocycles. The molecule has 2 aromatic carbocycles. The maximum absolute atomic E-state index is 12.7. The first kappa shape index (κ1) is 14.8. The lowest BCUT2D eigenvalue weighted by atomic mass is 10.1. The summed E-state index contributed by atoms with van der Waals surface area (Å²) in [5.41, 5.74) is 4.14. The van der Waals surface area contributed by atoms with Gasteiger partial charge in [0.25, 0.3) is 5.91 Å². The Hall–Kier alpha value is -2.60. The van der Waals surface area contributed by atoms with Crippen molar-refractivity contribution in [1.29, 1.82) is 5.26 Å². The molecule has 0 aliphatic carbocycles. The van der Waals surface area contributed by atoms with Crippen LogP contribution >= 0.6 is 0 Å². The molecule has 0 aliphatic heterocycles. The Bertz CT molecular complexity index is 713. The third kappa shape index (κ3) is 3.11. The average molecular weight is 278 g/mol. The van der Waals surface area contributed by atoms with Crippen LogP contribution in [0, 0.1) is 25.2 Å². The average Bonchev–Trinajstić information content (AvgIpc) is 2.51. The molecule has 0 fully saturated rings. The molecule has 2 rings (SSSR count). The summed E-state index contributed by atoms with van der Waals surface area (Å²) in [5.74, 6) is -0.0803. The smallest absolute Gasteiger partial charge is 0.258 e. The molecular weight excluding hydrogens is 260 g/mol. The van der Waals surface area contributed by atoms with E-state index in [2.05, 4.69) is 6.07 Å². The number of carbonyl (C=O) groups excluding carboxylic acids is 1. The number of anilines is 1. The first-order valence-electron chi connectivity index (χ1n) is 6.96. The molecule has 0 aliphatic rings. The van der Waals surface area contributed by atoms with Gasteiger partial charge in [-0.1, -0.05) is 18.2 Å². The molecule has 0 bridgehead atoms. The first-order valence-corrected chi connectivity index (χ1v) is 6.96. The summed E-state index contributed by atoms with van der Waals surface area (Å²) in [4.78, 5) is 14.5. The highest BCUT2D eigenvalue weighted by Crippen LogP contribution is 2.23. The van der Waals surface area contributed by atoms with Crippen molar-refractivity contribution in [2.75, 3.05) is 11.4 Å². The zero-order chi connectivity index (χ0) is 15.4. The molecule has 0 spiro atoms.